The molecule has 1 aliphatic heterocycles. The van der Waals surface area contributed by atoms with Crippen molar-refractivity contribution in [2.75, 3.05) is 43.4 Å². The quantitative estimate of drug-likeness (QED) is 0.824. The van der Waals surface area contributed by atoms with Crippen LogP contribution in [0, 0.1) is 0 Å². The minimum Gasteiger partial charge on any atom is -0.378 e. The van der Waals surface area contributed by atoms with Crippen molar-refractivity contribution in [2.45, 2.75) is 0 Å². The number of rotatable bonds is 4. The number of benzene rings is 1. The number of para-hydroxylation sites is 1. The Labute approximate surface area is 129 Å². The Bertz CT molecular complexity index is 614. The topological polar surface area (TPSA) is 66.9 Å². The lowest BCUT2D eigenvalue weighted by Gasteiger charge is -2.30. The van der Waals surface area contributed by atoms with E-state index in [2.05, 4.69) is 0 Å². The second-order valence-electron chi connectivity index (χ2n) is 4.71. The lowest BCUT2D eigenvalue weighted by atomic mass is 10.3. The molecule has 2 rings (SSSR count). The fraction of sp³-hybridized carbons (Fsp3) is 0.462. The normalized spacial score (nSPS) is 15.8. The molecule has 0 N–H and O–H groups in total. The number of carbonyl (C=O) groups excluding carboxylic acids is 1. The molecule has 1 heterocycles. The van der Waals surface area contributed by atoms with Gasteiger partial charge in [-0.05, 0) is 12.1 Å². The zero-order chi connectivity index (χ0) is 15.5. The van der Waals surface area contributed by atoms with E-state index in [0.29, 0.717) is 32.0 Å². The predicted molar refractivity (Wildman–Crippen MR) is 81.0 cm³/mol. The van der Waals surface area contributed by atoms with Crippen LogP contribution in [0.4, 0.5) is 5.69 Å². The summed E-state index contributed by atoms with van der Waals surface area (Å²) in [5.41, 5.74) is 0.309. The summed E-state index contributed by atoms with van der Waals surface area (Å²) >= 11 is 6.04. The van der Waals surface area contributed by atoms with E-state index in [-0.39, 0.29) is 17.5 Å². The van der Waals surface area contributed by atoms with E-state index in [0.717, 1.165) is 10.6 Å². The van der Waals surface area contributed by atoms with Gasteiger partial charge in [-0.25, -0.2) is 8.42 Å². The maximum Gasteiger partial charge on any atom is 0.243 e. The van der Waals surface area contributed by atoms with E-state index in [1.54, 1.807) is 29.2 Å². The Morgan fingerprint density at radius 1 is 1.33 bits per heavy atom. The van der Waals surface area contributed by atoms with E-state index in [1.165, 1.54) is 0 Å². The van der Waals surface area contributed by atoms with E-state index in [4.69, 9.17) is 16.3 Å². The van der Waals surface area contributed by atoms with Crippen LogP contribution in [-0.2, 0) is 19.6 Å². The molecule has 1 amide bonds. The maximum atomic E-state index is 12.3. The lowest BCUT2D eigenvalue weighted by Crippen LogP contribution is -2.47. The number of morpholine rings is 1. The van der Waals surface area contributed by atoms with Crippen LogP contribution in [0.1, 0.15) is 0 Å². The van der Waals surface area contributed by atoms with Crippen LogP contribution in [0.5, 0.6) is 0 Å². The van der Waals surface area contributed by atoms with Crippen LogP contribution in [0.2, 0.25) is 5.02 Å². The molecule has 1 aromatic carbocycles. The number of anilines is 1. The third-order valence-electron chi connectivity index (χ3n) is 3.16. The molecule has 8 heteroatoms. The monoisotopic (exact) mass is 332 g/mol. The van der Waals surface area contributed by atoms with Crippen LogP contribution in [0.25, 0.3) is 0 Å². The fourth-order valence-corrected chi connectivity index (χ4v) is 3.22. The Morgan fingerprint density at radius 3 is 2.52 bits per heavy atom. The number of amides is 1. The first-order chi connectivity index (χ1) is 9.89. The van der Waals surface area contributed by atoms with Crippen molar-refractivity contribution in [2.24, 2.45) is 0 Å². The van der Waals surface area contributed by atoms with Gasteiger partial charge in [-0.2, -0.15) is 0 Å². The summed E-state index contributed by atoms with van der Waals surface area (Å²) in [6.07, 6.45) is 1.06. The highest BCUT2D eigenvalue weighted by Crippen LogP contribution is 2.27. The van der Waals surface area contributed by atoms with Gasteiger partial charge >= 0.3 is 0 Å². The number of sulfonamides is 1. The van der Waals surface area contributed by atoms with Crippen molar-refractivity contribution >= 4 is 33.2 Å². The second-order valence-corrected chi connectivity index (χ2v) is 7.03. The zero-order valence-corrected chi connectivity index (χ0v) is 13.2. The van der Waals surface area contributed by atoms with Crippen LogP contribution >= 0.6 is 11.6 Å². The Morgan fingerprint density at radius 2 is 1.95 bits per heavy atom. The molecule has 0 saturated carbocycles. The van der Waals surface area contributed by atoms with Gasteiger partial charge in [0.25, 0.3) is 0 Å². The molecule has 1 fully saturated rings. The van der Waals surface area contributed by atoms with Crippen molar-refractivity contribution in [3.63, 3.8) is 0 Å². The number of hydrogen-bond donors (Lipinski definition) is 0. The average Bonchev–Trinajstić information content (AvgIpc) is 2.45. The van der Waals surface area contributed by atoms with E-state index < -0.39 is 10.0 Å². The summed E-state index contributed by atoms with van der Waals surface area (Å²) in [5, 5.41) is 0.290. The summed E-state index contributed by atoms with van der Waals surface area (Å²) < 4.78 is 30.2. The summed E-state index contributed by atoms with van der Waals surface area (Å²) in [6, 6.07) is 6.55. The molecule has 6 nitrogen and oxygen atoms in total. The summed E-state index contributed by atoms with van der Waals surface area (Å²) in [4.78, 5) is 13.9. The van der Waals surface area contributed by atoms with Gasteiger partial charge in [-0.1, -0.05) is 23.7 Å². The Hall–Kier alpha value is -1.31. The minimum absolute atomic E-state index is 0.261. The van der Waals surface area contributed by atoms with Gasteiger partial charge in [-0.3, -0.25) is 9.10 Å². The molecule has 0 unspecified atom stereocenters. The van der Waals surface area contributed by atoms with E-state index in [1.807, 2.05) is 0 Å². The average molecular weight is 333 g/mol. The first-order valence-electron chi connectivity index (χ1n) is 6.47. The van der Waals surface area contributed by atoms with Crippen molar-refractivity contribution in [3.05, 3.63) is 29.3 Å². The van der Waals surface area contributed by atoms with Crippen molar-refractivity contribution in [1.82, 2.24) is 4.90 Å². The molecule has 0 aromatic heterocycles. The summed E-state index contributed by atoms with van der Waals surface area (Å²) in [5.74, 6) is -0.261. The van der Waals surface area contributed by atoms with Crippen molar-refractivity contribution in [1.29, 1.82) is 0 Å². The third kappa shape index (κ3) is 4.09. The highest BCUT2D eigenvalue weighted by atomic mass is 35.5. The molecule has 0 spiro atoms. The molecular formula is C13H17ClN2O4S. The molecule has 1 aromatic rings. The van der Waals surface area contributed by atoms with Gasteiger partial charge in [0.1, 0.15) is 6.54 Å². The molecule has 1 saturated heterocycles. The number of halogens is 1. The van der Waals surface area contributed by atoms with Crippen LogP contribution in [0.15, 0.2) is 24.3 Å². The Balaban J connectivity index is 2.22. The van der Waals surface area contributed by atoms with Crippen LogP contribution in [0.3, 0.4) is 0 Å². The zero-order valence-electron chi connectivity index (χ0n) is 11.7. The third-order valence-corrected chi connectivity index (χ3v) is 4.61. The fourth-order valence-electron chi connectivity index (χ4n) is 2.07. The minimum atomic E-state index is -3.60. The largest absolute Gasteiger partial charge is 0.378 e. The lowest BCUT2D eigenvalue weighted by molar-refractivity contribution is -0.133. The summed E-state index contributed by atoms with van der Waals surface area (Å²) in [7, 11) is -3.60. The van der Waals surface area contributed by atoms with Gasteiger partial charge in [-0.15, -0.1) is 0 Å². The number of carbonyl (C=O) groups is 1. The first-order valence-corrected chi connectivity index (χ1v) is 8.70. The van der Waals surface area contributed by atoms with Gasteiger partial charge < -0.3 is 9.64 Å². The molecule has 0 atom stereocenters. The Kier molecular flexibility index (Phi) is 5.08. The SMILES string of the molecule is CS(=O)(=O)N(CC(=O)N1CCOCC1)c1ccccc1Cl. The second kappa shape index (κ2) is 6.64. The smallest absolute Gasteiger partial charge is 0.243 e. The van der Waals surface area contributed by atoms with E-state index in [9.17, 15) is 13.2 Å². The predicted octanol–water partition coefficient (Wildman–Crippen LogP) is 0.965. The van der Waals surface area contributed by atoms with Crippen LogP contribution in [-0.4, -0.2) is 58.3 Å². The standard InChI is InChI=1S/C13H17ClN2O4S/c1-21(18,19)16(12-5-3-2-4-11(12)14)10-13(17)15-6-8-20-9-7-15/h2-5H,6-10H2,1H3. The van der Waals surface area contributed by atoms with Crippen LogP contribution < -0.4 is 4.31 Å². The molecule has 0 radical (unpaired) electrons. The van der Waals surface area contributed by atoms with E-state index >= 15 is 0 Å². The van der Waals surface area contributed by atoms with Crippen molar-refractivity contribution in [3.8, 4) is 0 Å². The van der Waals surface area contributed by atoms with Gasteiger partial charge in [0.2, 0.25) is 15.9 Å². The first kappa shape index (κ1) is 16.1. The number of nitrogens with zero attached hydrogens (tertiary/aromatic N) is 2. The molecular weight excluding hydrogens is 316 g/mol. The maximum absolute atomic E-state index is 12.3. The molecule has 1 aliphatic rings. The molecule has 0 bridgehead atoms. The van der Waals surface area contributed by atoms with Gasteiger partial charge in [0, 0.05) is 13.1 Å². The molecule has 116 valence electrons. The highest BCUT2D eigenvalue weighted by molar-refractivity contribution is 7.92. The molecule has 0 aliphatic carbocycles. The summed E-state index contributed by atoms with van der Waals surface area (Å²) in [6.45, 7) is 1.62. The van der Waals surface area contributed by atoms with Gasteiger partial charge in [0.05, 0.1) is 30.2 Å². The van der Waals surface area contributed by atoms with Gasteiger partial charge in [0.15, 0.2) is 0 Å². The number of ether oxygens (including phenoxy) is 1. The molecule has 21 heavy (non-hydrogen) atoms. The number of hydrogen-bond acceptors (Lipinski definition) is 4. The van der Waals surface area contributed by atoms with Crippen molar-refractivity contribution < 1.29 is 17.9 Å². The highest BCUT2D eigenvalue weighted by Gasteiger charge is 2.26.